The van der Waals surface area contributed by atoms with Gasteiger partial charge in [-0.15, -0.1) is 0 Å². The summed E-state index contributed by atoms with van der Waals surface area (Å²) in [6, 6.07) is 10.9. The first kappa shape index (κ1) is 15.0. The molecule has 0 unspecified atom stereocenters. The van der Waals surface area contributed by atoms with Crippen molar-refractivity contribution in [2.45, 2.75) is 6.54 Å². The fraction of sp³-hybridized carbons (Fsp3) is 0.176. The van der Waals surface area contributed by atoms with E-state index in [1.807, 2.05) is 0 Å². The fourth-order valence-electron chi connectivity index (χ4n) is 2.36. The quantitative estimate of drug-likeness (QED) is 0.946. The Hall–Kier alpha value is -2.89. The summed E-state index contributed by atoms with van der Waals surface area (Å²) in [5.41, 5.74) is 1.85. The van der Waals surface area contributed by atoms with Crippen molar-refractivity contribution in [1.82, 2.24) is 4.90 Å². The normalized spacial score (nSPS) is 12.9. The van der Waals surface area contributed by atoms with E-state index in [9.17, 15) is 14.0 Å². The van der Waals surface area contributed by atoms with Crippen LogP contribution in [0.2, 0.25) is 0 Å². The Labute approximate surface area is 132 Å². The number of amides is 2. The summed E-state index contributed by atoms with van der Waals surface area (Å²) in [5, 5.41) is 2.68. The molecule has 1 aliphatic rings. The molecule has 118 valence electrons. The lowest BCUT2D eigenvalue weighted by Gasteiger charge is -2.21. The summed E-state index contributed by atoms with van der Waals surface area (Å²) in [7, 11) is 1.67. The molecule has 0 saturated carbocycles. The maximum atomic E-state index is 12.9. The van der Waals surface area contributed by atoms with E-state index in [0.29, 0.717) is 23.5 Å². The highest BCUT2D eigenvalue weighted by Gasteiger charge is 2.19. The summed E-state index contributed by atoms with van der Waals surface area (Å²) in [6.45, 7) is 0.309. The van der Waals surface area contributed by atoms with Gasteiger partial charge in [-0.3, -0.25) is 9.59 Å². The second kappa shape index (κ2) is 6.08. The number of carbonyl (C=O) groups is 2. The molecular weight excluding hydrogens is 299 g/mol. The van der Waals surface area contributed by atoms with E-state index in [1.54, 1.807) is 37.4 Å². The third-order valence-electron chi connectivity index (χ3n) is 3.54. The lowest BCUT2D eigenvalue weighted by Crippen LogP contribution is -2.28. The van der Waals surface area contributed by atoms with Crippen LogP contribution in [0.25, 0.3) is 0 Å². The molecule has 3 rings (SSSR count). The number of anilines is 1. The smallest absolute Gasteiger partial charge is 0.262 e. The molecule has 0 aromatic heterocycles. The van der Waals surface area contributed by atoms with Crippen LogP contribution in [0.3, 0.4) is 0 Å². The second-order valence-electron chi connectivity index (χ2n) is 5.34. The molecule has 0 radical (unpaired) electrons. The number of hydrogen-bond acceptors (Lipinski definition) is 3. The predicted octanol–water partition coefficient (Wildman–Crippen LogP) is 2.43. The van der Waals surface area contributed by atoms with Crippen LogP contribution in [-0.4, -0.2) is 30.4 Å². The monoisotopic (exact) mass is 314 g/mol. The number of benzene rings is 2. The number of ether oxygens (including phenoxy) is 1. The number of fused-ring (bicyclic) bond motifs is 1. The second-order valence-corrected chi connectivity index (χ2v) is 5.34. The zero-order chi connectivity index (χ0) is 16.4. The summed E-state index contributed by atoms with van der Waals surface area (Å²) in [6.07, 6.45) is 0. The Kier molecular flexibility index (Phi) is 3.97. The highest BCUT2D eigenvalue weighted by molar-refractivity contribution is 5.98. The topological polar surface area (TPSA) is 58.6 Å². The van der Waals surface area contributed by atoms with Gasteiger partial charge in [-0.1, -0.05) is 12.1 Å². The maximum absolute atomic E-state index is 12.9. The van der Waals surface area contributed by atoms with E-state index in [0.717, 1.165) is 5.56 Å². The molecule has 23 heavy (non-hydrogen) atoms. The average Bonchev–Trinajstić information content (AvgIpc) is 2.55. The Morgan fingerprint density at radius 1 is 1.26 bits per heavy atom. The van der Waals surface area contributed by atoms with E-state index >= 15 is 0 Å². The van der Waals surface area contributed by atoms with Crippen molar-refractivity contribution in [3.8, 4) is 5.75 Å². The van der Waals surface area contributed by atoms with Gasteiger partial charge in [0.15, 0.2) is 6.61 Å². The SMILES string of the molecule is CN(Cc1ccc(F)cc1)C(=O)c1ccc2c(c1)OCC(=O)N2. The lowest BCUT2D eigenvalue weighted by molar-refractivity contribution is -0.118. The van der Waals surface area contributed by atoms with E-state index in [-0.39, 0.29) is 24.2 Å². The van der Waals surface area contributed by atoms with E-state index < -0.39 is 0 Å². The van der Waals surface area contributed by atoms with Crippen LogP contribution in [0.1, 0.15) is 15.9 Å². The average molecular weight is 314 g/mol. The first-order valence-corrected chi connectivity index (χ1v) is 7.09. The van der Waals surface area contributed by atoms with Gasteiger partial charge in [0.25, 0.3) is 11.8 Å². The Morgan fingerprint density at radius 2 is 2.00 bits per heavy atom. The number of rotatable bonds is 3. The maximum Gasteiger partial charge on any atom is 0.262 e. The lowest BCUT2D eigenvalue weighted by atomic mass is 10.1. The molecule has 6 heteroatoms. The van der Waals surface area contributed by atoms with Crippen molar-refractivity contribution in [3.63, 3.8) is 0 Å². The van der Waals surface area contributed by atoms with Gasteiger partial charge in [-0.25, -0.2) is 4.39 Å². The van der Waals surface area contributed by atoms with Crippen LogP contribution in [-0.2, 0) is 11.3 Å². The minimum absolute atomic E-state index is 0.0595. The van der Waals surface area contributed by atoms with E-state index in [2.05, 4.69) is 5.32 Å². The van der Waals surface area contributed by atoms with E-state index in [1.165, 1.54) is 17.0 Å². The van der Waals surface area contributed by atoms with Gasteiger partial charge < -0.3 is 15.0 Å². The molecule has 0 atom stereocenters. The van der Waals surface area contributed by atoms with Gasteiger partial charge in [0, 0.05) is 19.2 Å². The summed E-state index contributed by atoms with van der Waals surface area (Å²) in [5.74, 6) is -0.232. The molecule has 1 aliphatic heterocycles. The highest BCUT2D eigenvalue weighted by atomic mass is 19.1. The van der Waals surface area contributed by atoms with Gasteiger partial charge in [0.05, 0.1) is 5.69 Å². The van der Waals surface area contributed by atoms with Crippen LogP contribution in [0.5, 0.6) is 5.75 Å². The first-order chi connectivity index (χ1) is 11.0. The number of nitrogens with one attached hydrogen (secondary N) is 1. The minimum Gasteiger partial charge on any atom is -0.482 e. The van der Waals surface area contributed by atoms with Crippen molar-refractivity contribution in [3.05, 3.63) is 59.4 Å². The number of nitrogens with zero attached hydrogens (tertiary/aromatic N) is 1. The number of carbonyl (C=O) groups excluding carboxylic acids is 2. The van der Waals surface area contributed by atoms with Crippen molar-refractivity contribution in [2.24, 2.45) is 0 Å². The predicted molar refractivity (Wildman–Crippen MR) is 82.8 cm³/mol. The molecule has 2 aromatic carbocycles. The minimum atomic E-state index is -0.309. The third kappa shape index (κ3) is 3.31. The fourth-order valence-corrected chi connectivity index (χ4v) is 2.36. The first-order valence-electron chi connectivity index (χ1n) is 7.09. The molecule has 0 fully saturated rings. The highest BCUT2D eigenvalue weighted by Crippen LogP contribution is 2.29. The summed E-state index contributed by atoms with van der Waals surface area (Å²) in [4.78, 5) is 25.3. The largest absolute Gasteiger partial charge is 0.482 e. The number of halogens is 1. The number of hydrogen-bond donors (Lipinski definition) is 1. The molecule has 1 heterocycles. The molecule has 0 aliphatic carbocycles. The molecule has 1 N–H and O–H groups in total. The zero-order valence-electron chi connectivity index (χ0n) is 12.5. The van der Waals surface area contributed by atoms with Gasteiger partial charge in [0.2, 0.25) is 0 Å². The van der Waals surface area contributed by atoms with Crippen LogP contribution >= 0.6 is 0 Å². The molecule has 0 spiro atoms. The van der Waals surface area contributed by atoms with Crippen molar-refractivity contribution in [2.75, 3.05) is 19.0 Å². The van der Waals surface area contributed by atoms with Crippen molar-refractivity contribution in [1.29, 1.82) is 0 Å². The van der Waals surface area contributed by atoms with Gasteiger partial charge in [-0.05, 0) is 35.9 Å². The molecule has 2 amide bonds. The summed E-state index contributed by atoms with van der Waals surface area (Å²) >= 11 is 0. The molecule has 5 nitrogen and oxygen atoms in total. The standard InChI is InChI=1S/C17H15FN2O3/c1-20(9-11-2-5-13(18)6-3-11)17(22)12-4-7-14-15(8-12)23-10-16(21)19-14/h2-8H,9-10H2,1H3,(H,19,21). The van der Waals surface area contributed by atoms with Crippen LogP contribution in [0.4, 0.5) is 10.1 Å². The molecule has 0 saturated heterocycles. The van der Waals surface area contributed by atoms with E-state index in [4.69, 9.17) is 4.74 Å². The molecule has 0 bridgehead atoms. The molecule has 2 aromatic rings. The van der Waals surface area contributed by atoms with Crippen LogP contribution in [0.15, 0.2) is 42.5 Å². The molecular formula is C17H15FN2O3. The Bertz CT molecular complexity index is 759. The van der Waals surface area contributed by atoms with Gasteiger partial charge in [-0.2, -0.15) is 0 Å². The van der Waals surface area contributed by atoms with Crippen LogP contribution < -0.4 is 10.1 Å². The van der Waals surface area contributed by atoms with Crippen molar-refractivity contribution >= 4 is 17.5 Å². The Balaban J connectivity index is 1.74. The third-order valence-corrected chi connectivity index (χ3v) is 3.54. The van der Waals surface area contributed by atoms with Crippen LogP contribution in [0, 0.1) is 5.82 Å². The summed E-state index contributed by atoms with van der Waals surface area (Å²) < 4.78 is 18.2. The Morgan fingerprint density at radius 3 is 2.74 bits per heavy atom. The van der Waals surface area contributed by atoms with Gasteiger partial charge >= 0.3 is 0 Å². The van der Waals surface area contributed by atoms with Gasteiger partial charge in [0.1, 0.15) is 11.6 Å². The zero-order valence-corrected chi connectivity index (χ0v) is 12.5. The van der Waals surface area contributed by atoms with Crippen molar-refractivity contribution < 1.29 is 18.7 Å².